The first-order valence-electron chi connectivity index (χ1n) is 6.92. The third-order valence-electron chi connectivity index (χ3n) is 3.48. The number of hydrogen-bond donors (Lipinski definition) is 0. The molecule has 1 aliphatic heterocycles. The second-order valence-electron chi connectivity index (χ2n) is 5.10. The van der Waals surface area contributed by atoms with Gasteiger partial charge in [0.1, 0.15) is 11.6 Å². The van der Waals surface area contributed by atoms with E-state index in [0.717, 1.165) is 23.4 Å². The van der Waals surface area contributed by atoms with E-state index in [-0.39, 0.29) is 11.1 Å². The summed E-state index contributed by atoms with van der Waals surface area (Å²) in [6, 6.07) is 5.65. The maximum absolute atomic E-state index is 12.5. The van der Waals surface area contributed by atoms with E-state index >= 15 is 0 Å². The molecule has 6 heteroatoms. The van der Waals surface area contributed by atoms with Crippen molar-refractivity contribution in [2.24, 2.45) is 0 Å². The fraction of sp³-hybridized carbons (Fsp3) is 0.250. The molecule has 0 unspecified atom stereocenters. The van der Waals surface area contributed by atoms with Crippen LogP contribution < -0.4 is 5.56 Å². The molecule has 110 valence electrons. The predicted octanol–water partition coefficient (Wildman–Crippen LogP) is 2.71. The lowest BCUT2D eigenvalue weighted by Crippen LogP contribution is -2.28. The summed E-state index contributed by atoms with van der Waals surface area (Å²) in [5, 5.41) is 10.0. The Balaban J connectivity index is 2.18. The second-order valence-corrected chi connectivity index (χ2v) is 6.16. The van der Waals surface area contributed by atoms with Crippen LogP contribution in [0.5, 0.6) is 0 Å². The molecule has 3 heterocycles. The van der Waals surface area contributed by atoms with Crippen molar-refractivity contribution in [3.05, 3.63) is 46.5 Å². The van der Waals surface area contributed by atoms with Crippen LogP contribution >= 0.6 is 11.8 Å². The van der Waals surface area contributed by atoms with Crippen LogP contribution in [0.4, 0.5) is 0 Å². The molecule has 3 rings (SSSR count). The lowest BCUT2D eigenvalue weighted by atomic mass is 10.1. The SMILES string of the molecule is C=C(C)c1ccc(-c2nc3n(c(=O)c2C#N)CCCS3)cn1. The van der Waals surface area contributed by atoms with Gasteiger partial charge >= 0.3 is 0 Å². The second kappa shape index (κ2) is 5.78. The molecule has 0 amide bonds. The van der Waals surface area contributed by atoms with Gasteiger partial charge < -0.3 is 0 Å². The van der Waals surface area contributed by atoms with Crippen LogP contribution in [0.1, 0.15) is 24.6 Å². The van der Waals surface area contributed by atoms with E-state index in [0.29, 0.717) is 23.0 Å². The molecule has 0 N–H and O–H groups in total. The molecule has 0 atom stereocenters. The van der Waals surface area contributed by atoms with Gasteiger partial charge in [0, 0.05) is 24.1 Å². The van der Waals surface area contributed by atoms with E-state index in [1.807, 2.05) is 25.1 Å². The first-order chi connectivity index (χ1) is 10.6. The van der Waals surface area contributed by atoms with E-state index in [1.165, 1.54) is 0 Å². The Hall–Kier alpha value is -2.39. The average molecular weight is 310 g/mol. The third-order valence-corrected chi connectivity index (χ3v) is 4.54. The fourth-order valence-corrected chi connectivity index (χ4v) is 3.27. The molecule has 0 saturated carbocycles. The molecule has 2 aromatic heterocycles. The summed E-state index contributed by atoms with van der Waals surface area (Å²) in [4.78, 5) is 21.3. The van der Waals surface area contributed by atoms with Gasteiger partial charge in [-0.1, -0.05) is 18.3 Å². The van der Waals surface area contributed by atoms with Crippen molar-refractivity contribution in [3.8, 4) is 17.3 Å². The van der Waals surface area contributed by atoms with Gasteiger partial charge in [0.05, 0.1) is 11.4 Å². The van der Waals surface area contributed by atoms with Gasteiger partial charge in [-0.15, -0.1) is 0 Å². The molecule has 0 bridgehead atoms. The predicted molar refractivity (Wildman–Crippen MR) is 86.5 cm³/mol. The minimum absolute atomic E-state index is 0.0797. The Morgan fingerprint density at radius 2 is 2.32 bits per heavy atom. The number of hydrogen-bond acceptors (Lipinski definition) is 5. The molecule has 0 fully saturated rings. The topological polar surface area (TPSA) is 71.6 Å². The number of nitriles is 1. The molecular formula is C16H14N4OS. The molecule has 0 aliphatic carbocycles. The Bertz CT molecular complexity index is 846. The van der Waals surface area contributed by atoms with Gasteiger partial charge in [-0.2, -0.15) is 5.26 Å². The van der Waals surface area contributed by atoms with Crippen LogP contribution in [0.3, 0.4) is 0 Å². The number of aromatic nitrogens is 3. The average Bonchev–Trinajstić information content (AvgIpc) is 2.55. The molecule has 0 aromatic carbocycles. The first kappa shape index (κ1) is 14.5. The van der Waals surface area contributed by atoms with Crippen LogP contribution in [-0.2, 0) is 6.54 Å². The zero-order chi connectivity index (χ0) is 15.7. The molecule has 0 saturated heterocycles. The summed E-state index contributed by atoms with van der Waals surface area (Å²) in [6.07, 6.45) is 2.55. The van der Waals surface area contributed by atoms with E-state index in [2.05, 4.69) is 16.5 Å². The molecule has 22 heavy (non-hydrogen) atoms. The summed E-state index contributed by atoms with van der Waals surface area (Å²) in [6.45, 7) is 6.35. The Labute approximate surface area is 132 Å². The van der Waals surface area contributed by atoms with Gasteiger partial charge in [0.2, 0.25) is 0 Å². The highest BCUT2D eigenvalue weighted by molar-refractivity contribution is 7.99. The van der Waals surface area contributed by atoms with E-state index in [9.17, 15) is 10.1 Å². The minimum Gasteiger partial charge on any atom is -0.286 e. The van der Waals surface area contributed by atoms with Crippen LogP contribution in [0.15, 0.2) is 34.9 Å². The van der Waals surface area contributed by atoms with Crippen molar-refractivity contribution in [1.82, 2.24) is 14.5 Å². The lowest BCUT2D eigenvalue weighted by molar-refractivity contribution is 0.562. The number of pyridine rings is 1. The summed E-state index contributed by atoms with van der Waals surface area (Å²) in [5.74, 6) is 0.935. The number of allylic oxidation sites excluding steroid dienone is 1. The highest BCUT2D eigenvalue weighted by atomic mass is 32.2. The van der Waals surface area contributed by atoms with E-state index in [4.69, 9.17) is 0 Å². The molecule has 0 radical (unpaired) electrons. The molecule has 0 spiro atoms. The van der Waals surface area contributed by atoms with Gasteiger partial charge in [-0.05, 0) is 31.1 Å². The monoisotopic (exact) mass is 310 g/mol. The smallest absolute Gasteiger partial charge is 0.272 e. The van der Waals surface area contributed by atoms with Gasteiger partial charge in [0.25, 0.3) is 5.56 Å². The molecular weight excluding hydrogens is 296 g/mol. The number of nitrogens with zero attached hydrogens (tertiary/aromatic N) is 4. The summed E-state index contributed by atoms with van der Waals surface area (Å²) in [5.41, 5.74) is 2.55. The maximum Gasteiger partial charge on any atom is 0.272 e. The largest absolute Gasteiger partial charge is 0.286 e. The molecule has 5 nitrogen and oxygen atoms in total. The minimum atomic E-state index is -0.265. The normalized spacial score (nSPS) is 13.3. The van der Waals surface area contributed by atoms with Gasteiger partial charge in [-0.25, -0.2) is 4.98 Å². The van der Waals surface area contributed by atoms with Crippen LogP contribution in [0, 0.1) is 11.3 Å². The van der Waals surface area contributed by atoms with Crippen molar-refractivity contribution in [2.45, 2.75) is 25.0 Å². The summed E-state index contributed by atoms with van der Waals surface area (Å²) >= 11 is 1.55. The fourth-order valence-electron chi connectivity index (χ4n) is 2.32. The van der Waals surface area contributed by atoms with Crippen molar-refractivity contribution in [1.29, 1.82) is 5.26 Å². The quantitative estimate of drug-likeness (QED) is 0.798. The number of rotatable bonds is 2. The van der Waals surface area contributed by atoms with Crippen molar-refractivity contribution in [3.63, 3.8) is 0 Å². The van der Waals surface area contributed by atoms with Crippen molar-refractivity contribution in [2.75, 3.05) is 5.75 Å². The van der Waals surface area contributed by atoms with Crippen LogP contribution in [0.25, 0.3) is 16.8 Å². The zero-order valence-electron chi connectivity index (χ0n) is 12.2. The Kier molecular flexibility index (Phi) is 3.82. The lowest BCUT2D eigenvalue weighted by Gasteiger charge is -2.18. The standard InChI is InChI=1S/C16H14N4OS/c1-10(2)13-5-4-11(9-18-13)14-12(8-17)15(21)20-6-3-7-22-16(20)19-14/h4-5,9H,1,3,6-7H2,2H3. The van der Waals surface area contributed by atoms with Crippen molar-refractivity contribution >= 4 is 17.3 Å². The van der Waals surface area contributed by atoms with Crippen molar-refractivity contribution < 1.29 is 0 Å². The van der Waals surface area contributed by atoms with Crippen LogP contribution in [0.2, 0.25) is 0 Å². The Morgan fingerprint density at radius 1 is 1.50 bits per heavy atom. The third kappa shape index (κ3) is 2.44. The zero-order valence-corrected chi connectivity index (χ0v) is 13.0. The molecule has 1 aliphatic rings. The van der Waals surface area contributed by atoms with Crippen LogP contribution in [-0.4, -0.2) is 20.3 Å². The maximum atomic E-state index is 12.5. The summed E-state index contributed by atoms with van der Waals surface area (Å²) < 4.78 is 1.59. The highest BCUT2D eigenvalue weighted by Gasteiger charge is 2.20. The first-order valence-corrected chi connectivity index (χ1v) is 7.90. The highest BCUT2D eigenvalue weighted by Crippen LogP contribution is 2.26. The molecule has 2 aromatic rings. The van der Waals surface area contributed by atoms with Gasteiger partial charge in [0.15, 0.2) is 5.16 Å². The van der Waals surface area contributed by atoms with Gasteiger partial charge in [-0.3, -0.25) is 14.3 Å². The number of fused-ring (bicyclic) bond motifs is 1. The Morgan fingerprint density at radius 3 is 2.95 bits per heavy atom. The number of thioether (sulfide) groups is 1. The van der Waals surface area contributed by atoms with E-state index < -0.39 is 0 Å². The van der Waals surface area contributed by atoms with E-state index in [1.54, 1.807) is 22.5 Å². The summed E-state index contributed by atoms with van der Waals surface area (Å²) in [7, 11) is 0.